The highest BCUT2D eigenvalue weighted by molar-refractivity contribution is 7.18. The van der Waals surface area contributed by atoms with Crippen molar-refractivity contribution < 1.29 is 4.79 Å². The molecule has 1 amide bonds. The molecule has 0 bridgehead atoms. The number of hydrogen-bond donors (Lipinski definition) is 1. The van der Waals surface area contributed by atoms with Crippen LogP contribution in [0, 0.1) is 5.92 Å². The van der Waals surface area contributed by atoms with Crippen LogP contribution in [0.4, 0.5) is 0 Å². The summed E-state index contributed by atoms with van der Waals surface area (Å²) in [5, 5.41) is 4.81. The van der Waals surface area contributed by atoms with E-state index in [-0.39, 0.29) is 17.7 Å². The molecule has 1 N–H and O–H groups in total. The van der Waals surface area contributed by atoms with Crippen LogP contribution in [-0.2, 0) is 11.3 Å². The van der Waals surface area contributed by atoms with E-state index in [0.29, 0.717) is 11.6 Å². The van der Waals surface area contributed by atoms with E-state index in [2.05, 4.69) is 23.5 Å². The number of fused-ring (bicyclic) bond motifs is 1. The molecule has 0 saturated heterocycles. The molecular weight excluding hydrogens is 364 g/mol. The van der Waals surface area contributed by atoms with Gasteiger partial charge in [-0.1, -0.05) is 48.0 Å². The number of hydrogen-bond acceptors (Lipinski definition) is 3. The second kappa shape index (κ2) is 7.60. The van der Waals surface area contributed by atoms with Gasteiger partial charge < -0.3 is 5.32 Å². The van der Waals surface area contributed by atoms with Crippen LogP contribution in [0.1, 0.15) is 29.3 Å². The van der Waals surface area contributed by atoms with E-state index in [9.17, 15) is 4.79 Å². The van der Waals surface area contributed by atoms with Gasteiger partial charge in [0.05, 0.1) is 21.1 Å². The molecule has 3 nitrogen and oxygen atoms in total. The Bertz CT molecular complexity index is 932. The van der Waals surface area contributed by atoms with Gasteiger partial charge in [-0.25, -0.2) is 4.98 Å². The lowest BCUT2D eigenvalue weighted by atomic mass is 9.82. The first-order valence-electron chi connectivity index (χ1n) is 8.73. The second-order valence-corrected chi connectivity index (χ2v) is 8.02. The summed E-state index contributed by atoms with van der Waals surface area (Å²) >= 11 is 7.72. The summed E-state index contributed by atoms with van der Waals surface area (Å²) in [6, 6.07) is 15.7. The number of allylic oxidation sites excluding steroid dienone is 2. The van der Waals surface area contributed by atoms with E-state index in [1.807, 2.05) is 42.5 Å². The van der Waals surface area contributed by atoms with Crippen molar-refractivity contribution in [3.63, 3.8) is 0 Å². The number of carbonyl (C=O) groups is 1. The van der Waals surface area contributed by atoms with Gasteiger partial charge in [0, 0.05) is 17.5 Å². The molecule has 1 heterocycles. The van der Waals surface area contributed by atoms with Crippen LogP contribution < -0.4 is 5.32 Å². The van der Waals surface area contributed by atoms with Gasteiger partial charge in [-0.2, -0.15) is 0 Å². The Kier molecular flexibility index (Phi) is 5.05. The lowest BCUT2D eigenvalue weighted by Gasteiger charge is -2.26. The Morgan fingerprint density at radius 2 is 2.00 bits per heavy atom. The maximum Gasteiger partial charge on any atom is 0.224 e. The largest absolute Gasteiger partial charge is 0.352 e. The van der Waals surface area contributed by atoms with Gasteiger partial charge in [-0.3, -0.25) is 4.79 Å². The number of rotatable bonds is 4. The van der Waals surface area contributed by atoms with Crippen molar-refractivity contribution in [1.29, 1.82) is 0 Å². The van der Waals surface area contributed by atoms with Gasteiger partial charge in [0.15, 0.2) is 0 Å². The lowest BCUT2D eigenvalue weighted by molar-refractivity contribution is -0.125. The number of thiazole rings is 1. The zero-order chi connectivity index (χ0) is 17.9. The lowest BCUT2D eigenvalue weighted by Crippen LogP contribution is -2.34. The molecule has 132 valence electrons. The second-order valence-electron chi connectivity index (χ2n) is 6.52. The average molecular weight is 383 g/mol. The molecule has 0 radical (unpaired) electrons. The normalized spacial score (nSPS) is 19.6. The van der Waals surface area contributed by atoms with Crippen molar-refractivity contribution >= 4 is 39.1 Å². The summed E-state index contributed by atoms with van der Waals surface area (Å²) < 4.78 is 1.18. The highest BCUT2D eigenvalue weighted by atomic mass is 35.5. The maximum atomic E-state index is 12.9. The number of benzene rings is 2. The molecule has 2 atom stereocenters. The Labute approximate surface area is 161 Å². The van der Waals surface area contributed by atoms with E-state index >= 15 is 0 Å². The highest BCUT2D eigenvalue weighted by Crippen LogP contribution is 2.38. The van der Waals surface area contributed by atoms with Gasteiger partial charge in [-0.15, -0.1) is 11.3 Å². The summed E-state index contributed by atoms with van der Waals surface area (Å²) in [5.74, 6) is 0.134. The number of aromatic nitrogens is 1. The van der Waals surface area contributed by atoms with Crippen LogP contribution in [0.25, 0.3) is 10.2 Å². The van der Waals surface area contributed by atoms with Gasteiger partial charge in [0.2, 0.25) is 5.91 Å². The van der Waals surface area contributed by atoms with Crippen LogP contribution in [-0.4, -0.2) is 10.9 Å². The van der Waals surface area contributed by atoms with Crippen molar-refractivity contribution in [3.8, 4) is 0 Å². The van der Waals surface area contributed by atoms with Gasteiger partial charge in [0.25, 0.3) is 0 Å². The molecule has 0 fully saturated rings. The van der Waals surface area contributed by atoms with E-state index in [1.165, 1.54) is 4.70 Å². The Balaban J connectivity index is 1.51. The quantitative estimate of drug-likeness (QED) is 0.621. The minimum atomic E-state index is -0.0836. The summed E-state index contributed by atoms with van der Waals surface area (Å²) in [7, 11) is 0. The van der Waals surface area contributed by atoms with Crippen molar-refractivity contribution in [1.82, 2.24) is 10.3 Å². The fraction of sp³-hybridized carbons (Fsp3) is 0.238. The smallest absolute Gasteiger partial charge is 0.224 e. The fourth-order valence-electron chi connectivity index (χ4n) is 3.39. The standard InChI is InChI=1S/C21H19ClN2OS/c22-15-7-5-6-14(12-15)13-23-20(25)16-8-1-2-9-17(16)21-24-18-10-3-4-11-19(18)26-21/h1-7,10-12,16-17H,8-9,13H2,(H,23,25). The number of amides is 1. The zero-order valence-corrected chi connectivity index (χ0v) is 15.8. The Morgan fingerprint density at radius 3 is 2.85 bits per heavy atom. The minimum Gasteiger partial charge on any atom is -0.352 e. The van der Waals surface area contributed by atoms with Crippen molar-refractivity contribution in [2.75, 3.05) is 0 Å². The summed E-state index contributed by atoms with van der Waals surface area (Å²) in [6.07, 6.45) is 5.88. The van der Waals surface area contributed by atoms with Crippen LogP contribution >= 0.6 is 22.9 Å². The van der Waals surface area contributed by atoms with Crippen LogP contribution in [0.15, 0.2) is 60.7 Å². The summed E-state index contributed by atoms with van der Waals surface area (Å²) in [5.41, 5.74) is 2.02. The van der Waals surface area contributed by atoms with E-state index in [0.717, 1.165) is 28.9 Å². The molecule has 1 aliphatic rings. The van der Waals surface area contributed by atoms with Crippen LogP contribution in [0.5, 0.6) is 0 Å². The molecule has 5 heteroatoms. The topological polar surface area (TPSA) is 42.0 Å². The fourth-order valence-corrected chi connectivity index (χ4v) is 4.75. The van der Waals surface area contributed by atoms with Crippen molar-refractivity contribution in [2.45, 2.75) is 25.3 Å². The minimum absolute atomic E-state index is 0.0820. The molecule has 4 rings (SSSR count). The van der Waals surface area contributed by atoms with Gasteiger partial charge in [0.1, 0.15) is 0 Å². The zero-order valence-electron chi connectivity index (χ0n) is 14.2. The molecule has 3 aromatic rings. The number of carbonyl (C=O) groups excluding carboxylic acids is 1. The Morgan fingerprint density at radius 1 is 1.15 bits per heavy atom. The van der Waals surface area contributed by atoms with Crippen molar-refractivity contribution in [3.05, 3.63) is 76.3 Å². The molecule has 2 aromatic carbocycles. The molecule has 2 unspecified atom stereocenters. The first-order chi connectivity index (χ1) is 12.7. The third-order valence-corrected chi connectivity index (χ3v) is 6.16. The number of para-hydroxylation sites is 1. The van der Waals surface area contributed by atoms with E-state index in [1.54, 1.807) is 11.3 Å². The predicted molar refractivity (Wildman–Crippen MR) is 108 cm³/mol. The SMILES string of the molecule is O=C(NCc1cccc(Cl)c1)C1CC=CCC1c1nc2ccccc2s1. The number of halogens is 1. The first-order valence-corrected chi connectivity index (χ1v) is 9.93. The molecule has 1 aliphatic carbocycles. The molecule has 0 saturated carbocycles. The summed E-state index contributed by atoms with van der Waals surface area (Å²) in [6.45, 7) is 0.492. The molecule has 0 aliphatic heterocycles. The molecular formula is C21H19ClN2OS. The molecule has 0 spiro atoms. The summed E-state index contributed by atoms with van der Waals surface area (Å²) in [4.78, 5) is 17.6. The van der Waals surface area contributed by atoms with Crippen LogP contribution in [0.3, 0.4) is 0 Å². The van der Waals surface area contributed by atoms with Gasteiger partial charge in [-0.05, 0) is 42.7 Å². The first kappa shape index (κ1) is 17.3. The molecule has 26 heavy (non-hydrogen) atoms. The third kappa shape index (κ3) is 3.67. The van der Waals surface area contributed by atoms with Gasteiger partial charge >= 0.3 is 0 Å². The van der Waals surface area contributed by atoms with Crippen molar-refractivity contribution in [2.24, 2.45) is 5.92 Å². The van der Waals surface area contributed by atoms with E-state index < -0.39 is 0 Å². The monoisotopic (exact) mass is 382 g/mol. The Hall–Kier alpha value is -2.17. The molecule has 1 aromatic heterocycles. The van der Waals surface area contributed by atoms with E-state index in [4.69, 9.17) is 16.6 Å². The predicted octanol–water partition coefficient (Wildman–Crippen LogP) is 5.32. The third-order valence-electron chi connectivity index (χ3n) is 4.75. The number of nitrogens with zero attached hydrogens (tertiary/aromatic N) is 1. The van der Waals surface area contributed by atoms with Crippen LogP contribution in [0.2, 0.25) is 5.02 Å². The average Bonchev–Trinajstić information content (AvgIpc) is 3.10. The highest BCUT2D eigenvalue weighted by Gasteiger charge is 2.32. The maximum absolute atomic E-state index is 12.9. The number of nitrogens with one attached hydrogen (secondary N) is 1.